The number of rotatable bonds is 5. The summed E-state index contributed by atoms with van der Waals surface area (Å²) < 4.78 is 1.03. The molecule has 1 aliphatic rings. The van der Waals surface area contributed by atoms with Crippen LogP contribution in [0.2, 0.25) is 5.02 Å². The minimum absolute atomic E-state index is 0.166. The Balaban J connectivity index is 1.85. The standard InChI is InChI=1S/C12H15BrClNO/c13-11-5-10(14)2-1-9(11)6-15-7-12(8-16)3-4-12/h1-2,5,15-16H,3-4,6-8H2. The number of halogens is 2. The van der Waals surface area contributed by atoms with Gasteiger partial charge in [-0.2, -0.15) is 0 Å². The molecule has 88 valence electrons. The maximum Gasteiger partial charge on any atom is 0.0499 e. The average Bonchev–Trinajstić information content (AvgIpc) is 3.02. The second-order valence-corrected chi connectivity index (χ2v) is 5.79. The van der Waals surface area contributed by atoms with Gasteiger partial charge >= 0.3 is 0 Å². The van der Waals surface area contributed by atoms with Crippen molar-refractivity contribution in [1.29, 1.82) is 0 Å². The van der Waals surface area contributed by atoms with Gasteiger partial charge in [-0.05, 0) is 30.5 Å². The van der Waals surface area contributed by atoms with E-state index in [0.29, 0.717) is 6.61 Å². The average molecular weight is 305 g/mol. The number of nitrogens with one attached hydrogen (secondary N) is 1. The summed E-state index contributed by atoms with van der Waals surface area (Å²) in [5, 5.41) is 13.3. The van der Waals surface area contributed by atoms with Crippen molar-refractivity contribution in [1.82, 2.24) is 5.32 Å². The highest BCUT2D eigenvalue weighted by molar-refractivity contribution is 9.10. The summed E-state index contributed by atoms with van der Waals surface area (Å²) in [6.45, 7) is 1.99. The van der Waals surface area contributed by atoms with Crippen molar-refractivity contribution < 1.29 is 5.11 Å². The predicted molar refractivity (Wildman–Crippen MR) is 69.6 cm³/mol. The van der Waals surface area contributed by atoms with Crippen LogP contribution < -0.4 is 5.32 Å². The van der Waals surface area contributed by atoms with Gasteiger partial charge in [-0.1, -0.05) is 33.6 Å². The third kappa shape index (κ3) is 2.98. The van der Waals surface area contributed by atoms with Crippen molar-refractivity contribution >= 4 is 27.5 Å². The molecule has 0 unspecified atom stereocenters. The summed E-state index contributed by atoms with van der Waals surface area (Å²) >= 11 is 9.36. The summed E-state index contributed by atoms with van der Waals surface area (Å²) in [4.78, 5) is 0. The summed E-state index contributed by atoms with van der Waals surface area (Å²) in [6.07, 6.45) is 2.27. The Morgan fingerprint density at radius 2 is 2.19 bits per heavy atom. The molecule has 0 heterocycles. The first-order valence-electron chi connectivity index (χ1n) is 5.41. The van der Waals surface area contributed by atoms with Crippen LogP contribution in [0.25, 0.3) is 0 Å². The van der Waals surface area contributed by atoms with E-state index in [1.165, 1.54) is 5.56 Å². The molecule has 2 rings (SSSR count). The van der Waals surface area contributed by atoms with Gasteiger partial charge in [-0.3, -0.25) is 0 Å². The second-order valence-electron chi connectivity index (χ2n) is 4.50. The summed E-state index contributed by atoms with van der Waals surface area (Å²) in [7, 11) is 0. The molecule has 1 aliphatic carbocycles. The normalized spacial score (nSPS) is 17.4. The molecule has 1 aromatic carbocycles. The van der Waals surface area contributed by atoms with Crippen molar-refractivity contribution in [2.75, 3.05) is 13.2 Å². The molecule has 1 fully saturated rings. The highest BCUT2D eigenvalue weighted by atomic mass is 79.9. The number of aliphatic hydroxyl groups excluding tert-OH is 1. The minimum Gasteiger partial charge on any atom is -0.396 e. The van der Waals surface area contributed by atoms with E-state index < -0.39 is 0 Å². The van der Waals surface area contributed by atoms with Crippen LogP contribution in [0.5, 0.6) is 0 Å². The zero-order valence-electron chi connectivity index (χ0n) is 8.97. The van der Waals surface area contributed by atoms with Gasteiger partial charge in [-0.15, -0.1) is 0 Å². The molecule has 1 saturated carbocycles. The van der Waals surface area contributed by atoms with E-state index in [2.05, 4.69) is 21.2 Å². The summed E-state index contributed by atoms with van der Waals surface area (Å²) in [5.74, 6) is 0. The van der Waals surface area contributed by atoms with E-state index >= 15 is 0 Å². The molecule has 16 heavy (non-hydrogen) atoms. The summed E-state index contributed by atoms with van der Waals surface area (Å²) in [6, 6.07) is 5.80. The Morgan fingerprint density at radius 3 is 2.75 bits per heavy atom. The zero-order chi connectivity index (χ0) is 11.6. The Bertz CT molecular complexity index is 379. The van der Waals surface area contributed by atoms with Gasteiger partial charge in [0.1, 0.15) is 0 Å². The number of hydrogen-bond acceptors (Lipinski definition) is 2. The molecule has 2 nitrogen and oxygen atoms in total. The lowest BCUT2D eigenvalue weighted by molar-refractivity contribution is 0.207. The van der Waals surface area contributed by atoms with Crippen LogP contribution in [0.15, 0.2) is 22.7 Å². The van der Waals surface area contributed by atoms with E-state index in [4.69, 9.17) is 11.6 Å². The van der Waals surface area contributed by atoms with Crippen LogP contribution >= 0.6 is 27.5 Å². The van der Waals surface area contributed by atoms with Gasteiger partial charge in [0.2, 0.25) is 0 Å². The fraction of sp³-hybridized carbons (Fsp3) is 0.500. The second kappa shape index (κ2) is 5.05. The molecular weight excluding hydrogens is 289 g/mol. The maximum atomic E-state index is 9.18. The molecule has 0 amide bonds. The number of benzene rings is 1. The van der Waals surface area contributed by atoms with Crippen LogP contribution in [0, 0.1) is 5.41 Å². The smallest absolute Gasteiger partial charge is 0.0499 e. The SMILES string of the molecule is OCC1(CNCc2ccc(Cl)cc2Br)CC1. The monoisotopic (exact) mass is 303 g/mol. The van der Waals surface area contributed by atoms with Crippen molar-refractivity contribution in [3.05, 3.63) is 33.3 Å². The van der Waals surface area contributed by atoms with E-state index in [-0.39, 0.29) is 5.41 Å². The minimum atomic E-state index is 0.166. The Labute approximate surface area is 109 Å². The molecule has 2 N–H and O–H groups in total. The van der Waals surface area contributed by atoms with Crippen LogP contribution in [-0.4, -0.2) is 18.3 Å². The molecule has 1 aromatic rings. The Kier molecular flexibility index (Phi) is 3.90. The lowest BCUT2D eigenvalue weighted by Gasteiger charge is -2.13. The van der Waals surface area contributed by atoms with Gasteiger partial charge in [0.25, 0.3) is 0 Å². The number of hydrogen-bond donors (Lipinski definition) is 2. The Morgan fingerprint density at radius 1 is 1.44 bits per heavy atom. The first-order chi connectivity index (χ1) is 7.65. The van der Waals surface area contributed by atoms with E-state index in [0.717, 1.165) is 35.4 Å². The van der Waals surface area contributed by atoms with Crippen molar-refractivity contribution in [3.8, 4) is 0 Å². The lowest BCUT2D eigenvalue weighted by atomic mass is 10.1. The summed E-state index contributed by atoms with van der Waals surface area (Å²) in [5.41, 5.74) is 1.36. The third-order valence-corrected chi connectivity index (χ3v) is 4.10. The van der Waals surface area contributed by atoms with Crippen LogP contribution in [0.1, 0.15) is 18.4 Å². The fourth-order valence-corrected chi connectivity index (χ4v) is 2.52. The first-order valence-corrected chi connectivity index (χ1v) is 6.58. The van der Waals surface area contributed by atoms with Crippen LogP contribution in [0.4, 0.5) is 0 Å². The molecule has 0 bridgehead atoms. The zero-order valence-corrected chi connectivity index (χ0v) is 11.3. The van der Waals surface area contributed by atoms with Gasteiger partial charge < -0.3 is 10.4 Å². The van der Waals surface area contributed by atoms with Crippen molar-refractivity contribution in [2.24, 2.45) is 5.41 Å². The topological polar surface area (TPSA) is 32.3 Å². The number of aliphatic hydroxyl groups is 1. The lowest BCUT2D eigenvalue weighted by Crippen LogP contribution is -2.26. The van der Waals surface area contributed by atoms with E-state index in [1.807, 2.05) is 18.2 Å². The van der Waals surface area contributed by atoms with Gasteiger partial charge in [-0.25, -0.2) is 0 Å². The quantitative estimate of drug-likeness (QED) is 0.876. The Hall–Kier alpha value is -0.0900. The van der Waals surface area contributed by atoms with Crippen LogP contribution in [0.3, 0.4) is 0 Å². The first kappa shape index (κ1) is 12.4. The molecule has 0 aliphatic heterocycles. The molecule has 0 saturated heterocycles. The largest absolute Gasteiger partial charge is 0.396 e. The van der Waals surface area contributed by atoms with Crippen molar-refractivity contribution in [3.63, 3.8) is 0 Å². The van der Waals surface area contributed by atoms with Gasteiger partial charge in [0.05, 0.1) is 0 Å². The van der Waals surface area contributed by atoms with Crippen molar-refractivity contribution in [2.45, 2.75) is 19.4 Å². The van der Waals surface area contributed by atoms with E-state index in [1.54, 1.807) is 0 Å². The van der Waals surface area contributed by atoms with Crippen LogP contribution in [-0.2, 0) is 6.54 Å². The highest BCUT2D eigenvalue weighted by Gasteiger charge is 2.41. The molecule has 0 atom stereocenters. The van der Waals surface area contributed by atoms with E-state index in [9.17, 15) is 5.11 Å². The highest BCUT2D eigenvalue weighted by Crippen LogP contribution is 2.44. The molecule has 0 aromatic heterocycles. The fourth-order valence-electron chi connectivity index (χ4n) is 1.69. The van der Waals surface area contributed by atoms with Gasteiger partial charge in [0.15, 0.2) is 0 Å². The molecular formula is C12H15BrClNO. The maximum absolute atomic E-state index is 9.18. The third-order valence-electron chi connectivity index (χ3n) is 3.12. The molecule has 0 spiro atoms. The van der Waals surface area contributed by atoms with Gasteiger partial charge in [0, 0.05) is 34.6 Å². The predicted octanol–water partition coefficient (Wildman–Crippen LogP) is 2.96. The molecule has 4 heteroatoms. The molecule has 0 radical (unpaired) electrons.